The molecule has 4 aromatic rings. The average molecular weight is 679 g/mol. The van der Waals surface area contributed by atoms with Crippen LogP contribution in [0.2, 0.25) is 0 Å². The van der Waals surface area contributed by atoms with Gasteiger partial charge in [-0.05, 0) is 68.9 Å². The predicted molar refractivity (Wildman–Crippen MR) is 181 cm³/mol. The van der Waals surface area contributed by atoms with Gasteiger partial charge in [-0.2, -0.15) is 18.4 Å². The summed E-state index contributed by atoms with van der Waals surface area (Å²) in [6.45, 7) is 10.9. The molecule has 2 aliphatic heterocycles. The number of nitrogens with one attached hydrogen (secondary N) is 1. The van der Waals surface area contributed by atoms with Gasteiger partial charge in [0.05, 0.1) is 11.8 Å². The van der Waals surface area contributed by atoms with Gasteiger partial charge in [0.1, 0.15) is 28.7 Å². The van der Waals surface area contributed by atoms with Crippen LogP contribution in [-0.2, 0) is 24.3 Å². The molecular weight excluding hydrogens is 638 g/mol. The van der Waals surface area contributed by atoms with Gasteiger partial charge in [-0.25, -0.2) is 9.97 Å². The molecular formula is C35H41F3N8OS. The van der Waals surface area contributed by atoms with E-state index in [2.05, 4.69) is 61.7 Å². The number of aryl methyl sites for hydroxylation is 1. The normalized spacial score (nSPS) is 19.2. The number of hydrogen-bond donors (Lipinski definition) is 1. The molecule has 3 aromatic heterocycles. The number of fused-ring (bicyclic) bond motifs is 2. The summed E-state index contributed by atoms with van der Waals surface area (Å²) in [5, 5.41) is 15.3. The van der Waals surface area contributed by atoms with Gasteiger partial charge in [-0.15, -0.1) is 11.3 Å². The van der Waals surface area contributed by atoms with Crippen LogP contribution in [0, 0.1) is 24.2 Å². The van der Waals surface area contributed by atoms with Gasteiger partial charge in [-0.1, -0.05) is 6.07 Å². The van der Waals surface area contributed by atoms with E-state index in [-0.39, 0.29) is 22.9 Å². The minimum Gasteiger partial charge on any atom is -0.367 e. The Morgan fingerprint density at radius 3 is 2.50 bits per heavy atom. The van der Waals surface area contributed by atoms with Crippen molar-refractivity contribution in [3.05, 3.63) is 52.3 Å². The molecule has 48 heavy (non-hydrogen) atoms. The van der Waals surface area contributed by atoms with Crippen LogP contribution in [0.3, 0.4) is 0 Å². The maximum atomic E-state index is 13.0. The van der Waals surface area contributed by atoms with Crippen LogP contribution in [0.4, 0.5) is 19.0 Å². The summed E-state index contributed by atoms with van der Waals surface area (Å²) in [5.41, 5.74) is 4.18. The fourth-order valence-electron chi connectivity index (χ4n) is 7.31. The molecule has 1 atom stereocenters. The Kier molecular flexibility index (Phi) is 9.08. The molecule has 13 heteroatoms. The number of nitriles is 1. The standard InChI is InChI=1S/C35H41F3N8OS/c1-22(44-11-13-45(14-12-44)34(47)24-3-4-24)19-46-27(18-39)15-29-23(2)25(5-6-31(29)46)20-43-9-7-26(8-10-43)42-32-30-16-28(17-35(36,37)38)48-33(30)41-21-40-32/h5-6,15-16,21-22,24,26H,3-4,7-14,17,19-20H2,1-2H3,(H,40,41,42). The zero-order chi connectivity index (χ0) is 33.6. The lowest BCUT2D eigenvalue weighted by atomic mass is 10.0. The summed E-state index contributed by atoms with van der Waals surface area (Å²) in [4.78, 5) is 28.8. The number of aromatic nitrogens is 3. The number of carbonyl (C=O) groups excluding carboxylic acids is 1. The Balaban J connectivity index is 0.967. The number of carbonyl (C=O) groups is 1. The van der Waals surface area contributed by atoms with Crippen molar-refractivity contribution in [2.24, 2.45) is 5.92 Å². The summed E-state index contributed by atoms with van der Waals surface area (Å²) in [6, 6.07) is 10.8. The SMILES string of the molecule is Cc1c(CN2CCC(Nc3ncnc4sc(CC(F)(F)F)cc34)CC2)ccc2c1cc(C#N)n2CC(C)N1CCN(C(=O)C2CC2)CC1. The number of benzene rings is 1. The zero-order valence-electron chi connectivity index (χ0n) is 27.4. The van der Waals surface area contributed by atoms with E-state index in [1.807, 2.05) is 11.0 Å². The van der Waals surface area contributed by atoms with Crippen LogP contribution >= 0.6 is 11.3 Å². The highest BCUT2D eigenvalue weighted by Gasteiger charge is 2.35. The Morgan fingerprint density at radius 1 is 1.06 bits per heavy atom. The number of piperidine rings is 1. The van der Waals surface area contributed by atoms with Gasteiger partial charge < -0.3 is 14.8 Å². The molecule has 9 nitrogen and oxygen atoms in total. The summed E-state index contributed by atoms with van der Waals surface area (Å²) in [6.07, 6.45) is 0.0581. The van der Waals surface area contributed by atoms with Crippen LogP contribution in [0.25, 0.3) is 21.1 Å². The van der Waals surface area contributed by atoms with Crippen molar-refractivity contribution in [2.45, 2.75) is 77.3 Å². The van der Waals surface area contributed by atoms with Gasteiger partial charge in [0.15, 0.2) is 0 Å². The first-order valence-electron chi connectivity index (χ1n) is 16.9. The first-order valence-corrected chi connectivity index (χ1v) is 17.7. The summed E-state index contributed by atoms with van der Waals surface area (Å²) in [7, 11) is 0. The van der Waals surface area contributed by atoms with Gasteiger partial charge >= 0.3 is 6.18 Å². The highest BCUT2D eigenvalue weighted by atomic mass is 32.1. The maximum absolute atomic E-state index is 13.0. The maximum Gasteiger partial charge on any atom is 0.393 e. The molecule has 0 bridgehead atoms. The second-order valence-corrected chi connectivity index (χ2v) is 14.8. The van der Waals surface area contributed by atoms with E-state index < -0.39 is 12.6 Å². The molecule has 2 saturated heterocycles. The lowest BCUT2D eigenvalue weighted by molar-refractivity contribution is -0.134. The first kappa shape index (κ1) is 32.8. The summed E-state index contributed by atoms with van der Waals surface area (Å²) in [5.74, 6) is 1.18. The highest BCUT2D eigenvalue weighted by molar-refractivity contribution is 7.18. The van der Waals surface area contributed by atoms with E-state index in [1.165, 1.54) is 17.5 Å². The first-order chi connectivity index (χ1) is 23.1. The monoisotopic (exact) mass is 678 g/mol. The zero-order valence-corrected chi connectivity index (χ0v) is 28.2. The minimum absolute atomic E-state index is 0.171. The number of rotatable bonds is 9. The average Bonchev–Trinajstić information content (AvgIpc) is 3.74. The van der Waals surface area contributed by atoms with Gasteiger partial charge in [0, 0.05) is 86.1 Å². The topological polar surface area (TPSA) is 93.3 Å². The number of hydrogen-bond acceptors (Lipinski definition) is 8. The summed E-state index contributed by atoms with van der Waals surface area (Å²) >= 11 is 1.07. The van der Waals surface area contributed by atoms with E-state index in [0.717, 1.165) is 100 Å². The second kappa shape index (κ2) is 13.3. The van der Waals surface area contributed by atoms with Gasteiger partial charge in [0.25, 0.3) is 0 Å². The molecule has 3 fully saturated rings. The van der Waals surface area contributed by atoms with E-state index in [9.17, 15) is 23.2 Å². The van der Waals surface area contributed by atoms with Crippen LogP contribution < -0.4 is 5.32 Å². The molecule has 1 amide bonds. The van der Waals surface area contributed by atoms with Crippen LogP contribution in [0.15, 0.2) is 30.6 Å². The Morgan fingerprint density at radius 2 is 1.81 bits per heavy atom. The Hall–Kier alpha value is -3.73. The third-order valence-electron chi connectivity index (χ3n) is 10.3. The molecule has 254 valence electrons. The number of likely N-dealkylation sites (tertiary alicyclic amines) is 1. The molecule has 1 unspecified atom stereocenters. The number of nitrogens with zero attached hydrogens (tertiary/aromatic N) is 7. The van der Waals surface area contributed by atoms with Crippen molar-refractivity contribution in [1.82, 2.24) is 29.2 Å². The molecule has 1 aliphatic carbocycles. The molecule has 1 N–H and O–H groups in total. The number of piperazine rings is 1. The number of amides is 1. The van der Waals surface area contributed by atoms with Crippen LogP contribution in [-0.4, -0.2) is 92.7 Å². The molecule has 3 aliphatic rings. The quantitative estimate of drug-likeness (QED) is 0.234. The van der Waals surface area contributed by atoms with Crippen molar-refractivity contribution >= 4 is 44.2 Å². The van der Waals surface area contributed by atoms with Crippen LogP contribution in [0.1, 0.15) is 54.3 Å². The molecule has 0 spiro atoms. The number of anilines is 1. The van der Waals surface area contributed by atoms with Gasteiger partial charge in [0.2, 0.25) is 5.91 Å². The highest BCUT2D eigenvalue weighted by Crippen LogP contribution is 2.34. The molecule has 7 rings (SSSR count). The largest absolute Gasteiger partial charge is 0.393 e. The number of alkyl halides is 3. The smallest absolute Gasteiger partial charge is 0.367 e. The fourth-order valence-corrected chi connectivity index (χ4v) is 8.33. The van der Waals surface area contributed by atoms with E-state index in [1.54, 1.807) is 6.07 Å². The second-order valence-electron chi connectivity index (χ2n) is 13.7. The number of thiophene rings is 1. The molecule has 5 heterocycles. The predicted octanol–water partition coefficient (Wildman–Crippen LogP) is 5.95. The third-order valence-corrected chi connectivity index (χ3v) is 11.3. The Bertz CT molecular complexity index is 1840. The van der Waals surface area contributed by atoms with Crippen molar-refractivity contribution in [2.75, 3.05) is 44.6 Å². The van der Waals surface area contributed by atoms with E-state index in [0.29, 0.717) is 27.6 Å². The van der Waals surface area contributed by atoms with Crippen molar-refractivity contribution in [3.63, 3.8) is 0 Å². The van der Waals surface area contributed by atoms with E-state index in [4.69, 9.17) is 0 Å². The van der Waals surface area contributed by atoms with Crippen LogP contribution in [0.5, 0.6) is 0 Å². The third kappa shape index (κ3) is 7.02. The van der Waals surface area contributed by atoms with Gasteiger partial charge in [-0.3, -0.25) is 14.6 Å². The Labute approximate surface area is 282 Å². The molecule has 1 aromatic carbocycles. The lowest BCUT2D eigenvalue weighted by Crippen LogP contribution is -2.52. The van der Waals surface area contributed by atoms with Crippen molar-refractivity contribution in [3.8, 4) is 6.07 Å². The number of halogens is 3. The lowest BCUT2D eigenvalue weighted by Gasteiger charge is -2.38. The van der Waals surface area contributed by atoms with Crippen molar-refractivity contribution < 1.29 is 18.0 Å². The molecule has 0 radical (unpaired) electrons. The van der Waals surface area contributed by atoms with E-state index >= 15 is 0 Å². The minimum atomic E-state index is -4.26. The summed E-state index contributed by atoms with van der Waals surface area (Å²) < 4.78 is 41.0. The van der Waals surface area contributed by atoms with Crippen molar-refractivity contribution in [1.29, 1.82) is 5.26 Å². The molecule has 1 saturated carbocycles. The fraction of sp³-hybridized carbons (Fsp3) is 0.543.